The van der Waals surface area contributed by atoms with E-state index < -0.39 is 0 Å². The number of likely N-dealkylation sites (N-methyl/N-ethyl adjacent to an activating group) is 1. The number of fused-ring (bicyclic) bond motifs is 1. The molecule has 86 valence electrons. The highest BCUT2D eigenvalue weighted by Gasteiger charge is 2.05. The predicted molar refractivity (Wildman–Crippen MR) is 70.0 cm³/mol. The Morgan fingerprint density at radius 2 is 1.81 bits per heavy atom. The molecular weight excluding hydrogens is 196 g/mol. The molecule has 1 aromatic heterocycles. The van der Waals surface area contributed by atoms with Gasteiger partial charge in [0.15, 0.2) is 0 Å². The van der Waals surface area contributed by atoms with Gasteiger partial charge in [-0.15, -0.1) is 0 Å². The second kappa shape index (κ2) is 4.30. The molecule has 2 aromatic rings. The number of rotatable bonds is 3. The van der Waals surface area contributed by atoms with Crippen molar-refractivity contribution in [2.24, 2.45) is 0 Å². The number of benzene rings is 1. The van der Waals surface area contributed by atoms with E-state index in [9.17, 15) is 0 Å². The molecule has 1 heterocycles. The smallest absolute Gasteiger partial charge is 0.0459 e. The fourth-order valence-electron chi connectivity index (χ4n) is 1.99. The van der Waals surface area contributed by atoms with E-state index in [1.807, 2.05) is 0 Å². The van der Waals surface area contributed by atoms with Crippen LogP contribution in [-0.4, -0.2) is 30.5 Å². The fraction of sp³-hybridized carbons (Fsp3) is 0.429. The van der Waals surface area contributed by atoms with E-state index >= 15 is 0 Å². The minimum atomic E-state index is 1.10. The number of hydrogen-bond donors (Lipinski definition) is 1. The molecule has 0 radical (unpaired) electrons. The summed E-state index contributed by atoms with van der Waals surface area (Å²) in [6.07, 6.45) is 3.25. The first-order chi connectivity index (χ1) is 7.58. The van der Waals surface area contributed by atoms with E-state index in [0.717, 1.165) is 13.0 Å². The normalized spacial score (nSPS) is 11.6. The van der Waals surface area contributed by atoms with Gasteiger partial charge in [-0.25, -0.2) is 0 Å². The van der Waals surface area contributed by atoms with E-state index in [-0.39, 0.29) is 0 Å². The average molecular weight is 216 g/mol. The summed E-state index contributed by atoms with van der Waals surface area (Å²) < 4.78 is 0. The van der Waals surface area contributed by atoms with Crippen LogP contribution in [0.4, 0.5) is 0 Å². The van der Waals surface area contributed by atoms with Gasteiger partial charge in [-0.05, 0) is 63.2 Å². The third-order valence-corrected chi connectivity index (χ3v) is 3.21. The molecule has 0 fully saturated rings. The largest absolute Gasteiger partial charge is 0.361 e. The van der Waals surface area contributed by atoms with Crippen LogP contribution in [0.5, 0.6) is 0 Å². The molecule has 0 aliphatic rings. The monoisotopic (exact) mass is 216 g/mol. The van der Waals surface area contributed by atoms with E-state index in [4.69, 9.17) is 0 Å². The molecule has 0 aliphatic carbocycles. The lowest BCUT2D eigenvalue weighted by Crippen LogP contribution is -2.14. The van der Waals surface area contributed by atoms with Crippen LogP contribution >= 0.6 is 0 Å². The van der Waals surface area contributed by atoms with Gasteiger partial charge >= 0.3 is 0 Å². The highest BCUT2D eigenvalue weighted by molar-refractivity contribution is 5.84. The maximum atomic E-state index is 3.36. The van der Waals surface area contributed by atoms with Crippen LogP contribution < -0.4 is 0 Å². The molecule has 0 saturated carbocycles. The number of nitrogens with one attached hydrogen (secondary N) is 1. The third-order valence-electron chi connectivity index (χ3n) is 3.21. The van der Waals surface area contributed by atoms with E-state index in [2.05, 4.69) is 56.2 Å². The molecule has 0 aliphatic heterocycles. The number of H-pyrrole nitrogens is 1. The van der Waals surface area contributed by atoms with E-state index in [1.165, 1.54) is 27.6 Å². The van der Waals surface area contributed by atoms with Crippen LogP contribution in [0.3, 0.4) is 0 Å². The molecule has 0 bridgehead atoms. The molecule has 2 rings (SSSR count). The molecule has 2 nitrogen and oxygen atoms in total. The molecular formula is C14H20N2. The van der Waals surface area contributed by atoms with Crippen LogP contribution in [0.1, 0.15) is 16.7 Å². The van der Waals surface area contributed by atoms with Crippen LogP contribution in [-0.2, 0) is 6.42 Å². The zero-order valence-electron chi connectivity index (χ0n) is 10.6. The predicted octanol–water partition coefficient (Wildman–Crippen LogP) is 2.89. The van der Waals surface area contributed by atoms with Crippen molar-refractivity contribution in [2.75, 3.05) is 20.6 Å². The minimum absolute atomic E-state index is 1.10. The Morgan fingerprint density at radius 1 is 1.12 bits per heavy atom. The molecule has 0 saturated heterocycles. The molecule has 0 unspecified atom stereocenters. The summed E-state index contributed by atoms with van der Waals surface area (Å²) in [6, 6.07) is 4.54. The molecule has 0 amide bonds. The van der Waals surface area contributed by atoms with Crippen LogP contribution in [0, 0.1) is 13.8 Å². The Labute approximate surface area is 97.3 Å². The van der Waals surface area contributed by atoms with Gasteiger partial charge in [0, 0.05) is 23.6 Å². The van der Waals surface area contributed by atoms with Gasteiger partial charge in [0.2, 0.25) is 0 Å². The maximum Gasteiger partial charge on any atom is 0.0459 e. The van der Waals surface area contributed by atoms with Crippen molar-refractivity contribution in [3.05, 3.63) is 35.0 Å². The highest BCUT2D eigenvalue weighted by Crippen LogP contribution is 2.22. The van der Waals surface area contributed by atoms with Crippen LogP contribution in [0.25, 0.3) is 10.9 Å². The quantitative estimate of drug-likeness (QED) is 0.836. The lowest BCUT2D eigenvalue weighted by molar-refractivity contribution is 0.414. The van der Waals surface area contributed by atoms with Crippen molar-refractivity contribution in [3.8, 4) is 0 Å². The molecule has 1 N–H and O–H groups in total. The Kier molecular flexibility index (Phi) is 3.01. The maximum absolute atomic E-state index is 3.36. The number of hydrogen-bond acceptors (Lipinski definition) is 1. The summed E-state index contributed by atoms with van der Waals surface area (Å²) in [5.41, 5.74) is 5.41. The van der Waals surface area contributed by atoms with Gasteiger partial charge in [-0.2, -0.15) is 0 Å². The van der Waals surface area contributed by atoms with E-state index in [1.54, 1.807) is 0 Å². The third kappa shape index (κ3) is 2.12. The van der Waals surface area contributed by atoms with Gasteiger partial charge in [0.25, 0.3) is 0 Å². The Balaban J connectivity index is 2.36. The van der Waals surface area contributed by atoms with Crippen molar-refractivity contribution in [3.63, 3.8) is 0 Å². The summed E-state index contributed by atoms with van der Waals surface area (Å²) in [6.45, 7) is 5.44. The number of aryl methyl sites for hydroxylation is 2. The Morgan fingerprint density at radius 3 is 2.50 bits per heavy atom. The van der Waals surface area contributed by atoms with Gasteiger partial charge in [0.05, 0.1) is 0 Å². The first kappa shape index (κ1) is 11.2. The van der Waals surface area contributed by atoms with Gasteiger partial charge in [0.1, 0.15) is 0 Å². The summed E-state index contributed by atoms with van der Waals surface area (Å²) in [5.74, 6) is 0. The number of aromatic nitrogens is 1. The van der Waals surface area contributed by atoms with Crippen molar-refractivity contribution < 1.29 is 0 Å². The summed E-state index contributed by atoms with van der Waals surface area (Å²) in [4.78, 5) is 5.58. The van der Waals surface area contributed by atoms with Crippen molar-refractivity contribution in [1.29, 1.82) is 0 Å². The average Bonchev–Trinajstić information content (AvgIpc) is 2.58. The number of nitrogens with zero attached hydrogens (tertiary/aromatic N) is 1. The van der Waals surface area contributed by atoms with Crippen LogP contribution in [0.2, 0.25) is 0 Å². The van der Waals surface area contributed by atoms with Gasteiger partial charge < -0.3 is 9.88 Å². The lowest BCUT2D eigenvalue weighted by atomic mass is 10.0. The van der Waals surface area contributed by atoms with Gasteiger partial charge in [-0.1, -0.05) is 0 Å². The van der Waals surface area contributed by atoms with Crippen LogP contribution in [0.15, 0.2) is 18.3 Å². The Hall–Kier alpha value is -1.28. The standard InChI is InChI=1S/C14H20N2/c1-10-7-13-12(5-6-16(3)4)9-15-14(13)8-11(10)2/h7-9,15H,5-6H2,1-4H3. The summed E-state index contributed by atoms with van der Waals surface area (Å²) in [7, 11) is 4.23. The summed E-state index contributed by atoms with van der Waals surface area (Å²) in [5, 5.41) is 1.38. The molecule has 16 heavy (non-hydrogen) atoms. The fourth-order valence-corrected chi connectivity index (χ4v) is 1.99. The van der Waals surface area contributed by atoms with Crippen molar-refractivity contribution in [1.82, 2.24) is 9.88 Å². The second-order valence-electron chi connectivity index (χ2n) is 4.85. The molecule has 0 atom stereocenters. The molecule has 2 heteroatoms. The first-order valence-corrected chi connectivity index (χ1v) is 5.80. The molecule has 0 spiro atoms. The van der Waals surface area contributed by atoms with Gasteiger partial charge in [-0.3, -0.25) is 0 Å². The first-order valence-electron chi connectivity index (χ1n) is 5.80. The zero-order chi connectivity index (χ0) is 11.7. The van der Waals surface area contributed by atoms with Crippen molar-refractivity contribution in [2.45, 2.75) is 20.3 Å². The topological polar surface area (TPSA) is 19.0 Å². The zero-order valence-corrected chi connectivity index (χ0v) is 10.6. The second-order valence-corrected chi connectivity index (χ2v) is 4.85. The SMILES string of the molecule is Cc1cc2[nH]cc(CCN(C)C)c2cc1C. The minimum Gasteiger partial charge on any atom is -0.361 e. The highest BCUT2D eigenvalue weighted by atomic mass is 15.0. The molecule has 1 aromatic carbocycles. The van der Waals surface area contributed by atoms with Crippen molar-refractivity contribution >= 4 is 10.9 Å². The summed E-state index contributed by atoms with van der Waals surface area (Å²) >= 11 is 0. The Bertz CT molecular complexity index is 495. The van der Waals surface area contributed by atoms with E-state index in [0.29, 0.717) is 0 Å². The number of aromatic amines is 1. The lowest BCUT2D eigenvalue weighted by Gasteiger charge is -2.08.